The summed E-state index contributed by atoms with van der Waals surface area (Å²) in [5, 5.41) is 26.5. The summed E-state index contributed by atoms with van der Waals surface area (Å²) in [4.78, 5) is 38.0. The Labute approximate surface area is 269 Å². The number of carbonyl (C=O) groups is 3. The van der Waals surface area contributed by atoms with Crippen molar-refractivity contribution < 1.29 is 24.2 Å². The number of nitrogens with one attached hydrogen (secondary N) is 7. The molecule has 4 atom stereocenters. The lowest BCUT2D eigenvalue weighted by Gasteiger charge is -2.25. The third-order valence-corrected chi connectivity index (χ3v) is 9.62. The maximum absolute atomic E-state index is 12.3. The molecule has 15 heteroatoms. The molecule has 0 saturated carbocycles. The smallest absolute Gasteiger partial charge is 0.315 e. The van der Waals surface area contributed by atoms with Gasteiger partial charge in [0, 0.05) is 61.4 Å². The first-order valence-electron chi connectivity index (χ1n) is 15.7. The van der Waals surface area contributed by atoms with Gasteiger partial charge in [0.15, 0.2) is 0 Å². The molecular formula is C30H49N9O5S. The molecule has 0 spiro atoms. The molecule has 0 radical (unpaired) electrons. The van der Waals surface area contributed by atoms with E-state index in [9.17, 15) is 19.5 Å². The molecule has 3 aliphatic heterocycles. The molecule has 2 fully saturated rings. The van der Waals surface area contributed by atoms with Crippen LogP contribution in [0.15, 0.2) is 36.2 Å². The van der Waals surface area contributed by atoms with Crippen LogP contribution in [0.4, 0.5) is 9.59 Å². The third-order valence-electron chi connectivity index (χ3n) is 8.11. The molecule has 0 bridgehead atoms. The number of nitrogens with zero attached hydrogens (tertiary/aromatic N) is 2. The number of unbranched alkanes of at least 4 members (excludes halogenated alkanes) is 1. The van der Waals surface area contributed by atoms with Crippen molar-refractivity contribution in [2.24, 2.45) is 0 Å². The average Bonchev–Trinajstić information content (AvgIpc) is 3.72. The van der Waals surface area contributed by atoms with Crippen molar-refractivity contribution >= 4 is 29.7 Å². The first-order valence-corrected chi connectivity index (χ1v) is 16.8. The fraction of sp³-hybridized carbons (Fsp3) is 0.633. The molecule has 3 heterocycles. The molecule has 1 aromatic carbocycles. The predicted octanol–water partition coefficient (Wildman–Crippen LogP) is 0.579. The summed E-state index contributed by atoms with van der Waals surface area (Å²) in [5.74, 6) is 1.24. The van der Waals surface area contributed by atoms with Crippen molar-refractivity contribution in [3.05, 3.63) is 41.7 Å². The molecule has 45 heavy (non-hydrogen) atoms. The van der Waals surface area contributed by atoms with Gasteiger partial charge >= 0.3 is 12.1 Å². The molecule has 8 N–H and O–H groups in total. The number of thioether (sulfide) groups is 1. The monoisotopic (exact) mass is 647 g/mol. The van der Waals surface area contributed by atoms with E-state index in [4.69, 9.17) is 4.74 Å². The SMILES string of the molecule is CN(C)[C@H](CNC(=O)NCCC1=CN(CCOCCNC(=O)CCCC[C@H]2SC[C@@H]3NC(=O)N[C@@H]32)NN1)Cc1ccc(O)cc1. The summed E-state index contributed by atoms with van der Waals surface area (Å²) in [6.45, 7) is 3.03. The van der Waals surface area contributed by atoms with Crippen LogP contribution in [0.5, 0.6) is 5.75 Å². The Morgan fingerprint density at radius 3 is 2.73 bits per heavy atom. The maximum Gasteiger partial charge on any atom is 0.315 e. The van der Waals surface area contributed by atoms with Gasteiger partial charge in [0.25, 0.3) is 0 Å². The number of amides is 5. The molecular weight excluding hydrogens is 598 g/mol. The van der Waals surface area contributed by atoms with Crippen LogP contribution in [0.3, 0.4) is 0 Å². The summed E-state index contributed by atoms with van der Waals surface area (Å²) in [6, 6.07) is 7.44. The summed E-state index contributed by atoms with van der Waals surface area (Å²) < 4.78 is 5.66. The normalized spacial score (nSPS) is 21.0. The van der Waals surface area contributed by atoms with Crippen molar-refractivity contribution in [2.75, 3.05) is 59.2 Å². The highest BCUT2D eigenvalue weighted by molar-refractivity contribution is 8.00. The summed E-state index contributed by atoms with van der Waals surface area (Å²) >= 11 is 1.90. The van der Waals surface area contributed by atoms with Gasteiger partial charge in [-0.25, -0.2) is 9.59 Å². The van der Waals surface area contributed by atoms with Gasteiger partial charge in [-0.2, -0.15) is 11.8 Å². The number of benzene rings is 1. The number of rotatable bonds is 19. The van der Waals surface area contributed by atoms with E-state index in [0.29, 0.717) is 57.5 Å². The quantitative estimate of drug-likeness (QED) is 0.0785. The zero-order valence-corrected chi connectivity index (χ0v) is 27.1. The molecule has 5 amide bonds. The number of ether oxygens (including phenoxy) is 1. The minimum atomic E-state index is -0.212. The van der Waals surface area contributed by atoms with Crippen LogP contribution in [-0.4, -0.2) is 116 Å². The summed E-state index contributed by atoms with van der Waals surface area (Å²) in [7, 11) is 3.97. The Hall–Kier alpha value is -3.40. The second-order valence-electron chi connectivity index (χ2n) is 11.8. The van der Waals surface area contributed by atoms with Crippen molar-refractivity contribution in [1.82, 2.24) is 47.5 Å². The van der Waals surface area contributed by atoms with E-state index >= 15 is 0 Å². The number of fused-ring (bicyclic) bond motifs is 1. The molecule has 1 aromatic rings. The van der Waals surface area contributed by atoms with Gasteiger partial charge in [0.05, 0.1) is 31.8 Å². The van der Waals surface area contributed by atoms with Crippen molar-refractivity contribution in [1.29, 1.82) is 0 Å². The van der Waals surface area contributed by atoms with Gasteiger partial charge in [0.1, 0.15) is 5.75 Å². The second-order valence-corrected chi connectivity index (χ2v) is 13.1. The lowest BCUT2D eigenvalue weighted by Crippen LogP contribution is -2.45. The molecule has 14 nitrogen and oxygen atoms in total. The van der Waals surface area contributed by atoms with Gasteiger partial charge in [0.2, 0.25) is 5.91 Å². The van der Waals surface area contributed by atoms with Crippen molar-refractivity contribution in [3.8, 4) is 5.75 Å². The highest BCUT2D eigenvalue weighted by Crippen LogP contribution is 2.33. The van der Waals surface area contributed by atoms with Gasteiger partial charge in [-0.3, -0.25) is 9.80 Å². The lowest BCUT2D eigenvalue weighted by atomic mass is 10.0. The second kappa shape index (κ2) is 17.9. The number of phenolic OH excluding ortho intramolecular Hbond substituents is 1. The third kappa shape index (κ3) is 11.8. The number of hydrazine groups is 2. The van der Waals surface area contributed by atoms with Gasteiger partial charge < -0.3 is 46.8 Å². The number of hydrogen-bond donors (Lipinski definition) is 8. The van der Waals surface area contributed by atoms with Crippen LogP contribution in [0, 0.1) is 0 Å². The number of urea groups is 2. The molecule has 0 aliphatic carbocycles. The Balaban J connectivity index is 0.969. The van der Waals surface area contributed by atoms with Crippen LogP contribution >= 0.6 is 11.8 Å². The van der Waals surface area contributed by atoms with E-state index in [1.165, 1.54) is 0 Å². The summed E-state index contributed by atoms with van der Waals surface area (Å²) in [6.07, 6.45) is 6.66. The van der Waals surface area contributed by atoms with Crippen LogP contribution in [-0.2, 0) is 16.0 Å². The standard InChI is InChI=1S/C30H49N9O5S/c1-38(2)23(17-21-7-9-24(40)10-8-21)18-33-29(42)32-12-11-22-19-39(37-36-22)14-16-44-15-13-31-27(41)6-4-3-5-26-28-25(20-45-26)34-30(43)35-28/h7-10,19,23,25-26,28,36-37,40H,3-6,11-18,20H2,1-2H3,(H,31,41)(H2,32,33,42)(H2,34,35,43)/t23-,25-,26+,28-/m0/s1. The largest absolute Gasteiger partial charge is 0.508 e. The van der Waals surface area contributed by atoms with Gasteiger partial charge in [-0.05, 0) is 51.1 Å². The van der Waals surface area contributed by atoms with Crippen LogP contribution < -0.4 is 37.5 Å². The Morgan fingerprint density at radius 2 is 1.93 bits per heavy atom. The minimum Gasteiger partial charge on any atom is -0.508 e. The first kappa shape index (κ1) is 34.5. The number of carbonyl (C=O) groups excluding carboxylic acids is 3. The molecule has 3 aliphatic rings. The summed E-state index contributed by atoms with van der Waals surface area (Å²) in [5.41, 5.74) is 8.22. The van der Waals surface area contributed by atoms with E-state index in [1.807, 2.05) is 49.2 Å². The lowest BCUT2D eigenvalue weighted by molar-refractivity contribution is -0.121. The van der Waals surface area contributed by atoms with Crippen LogP contribution in [0.2, 0.25) is 0 Å². The predicted molar refractivity (Wildman–Crippen MR) is 174 cm³/mol. The topological polar surface area (TPSA) is 171 Å². The molecule has 250 valence electrons. The van der Waals surface area contributed by atoms with E-state index in [2.05, 4.69) is 42.4 Å². The zero-order valence-electron chi connectivity index (χ0n) is 26.3. The Kier molecular flexibility index (Phi) is 13.7. The zero-order chi connectivity index (χ0) is 32.0. The highest BCUT2D eigenvalue weighted by atomic mass is 32.2. The highest BCUT2D eigenvalue weighted by Gasteiger charge is 2.42. The molecule has 0 unspecified atom stereocenters. The van der Waals surface area contributed by atoms with Gasteiger partial charge in [-0.1, -0.05) is 18.6 Å². The Morgan fingerprint density at radius 1 is 1.11 bits per heavy atom. The molecule has 0 aromatic heterocycles. The van der Waals surface area contributed by atoms with Crippen molar-refractivity contribution in [2.45, 2.75) is 61.9 Å². The van der Waals surface area contributed by atoms with Gasteiger partial charge in [-0.15, -0.1) is 5.53 Å². The minimum absolute atomic E-state index is 0.0401. The maximum atomic E-state index is 12.3. The number of likely N-dealkylation sites (N-methyl/N-ethyl adjacent to an activating group) is 1. The van der Waals surface area contributed by atoms with Crippen molar-refractivity contribution in [3.63, 3.8) is 0 Å². The fourth-order valence-corrected chi connectivity index (χ4v) is 7.00. The van der Waals surface area contributed by atoms with Crippen LogP contribution in [0.1, 0.15) is 37.7 Å². The van der Waals surface area contributed by atoms with E-state index in [0.717, 1.165) is 42.7 Å². The van der Waals surface area contributed by atoms with E-state index in [1.54, 1.807) is 12.1 Å². The molecule has 4 rings (SSSR count). The number of hydrogen-bond acceptors (Lipinski definition) is 10. The van der Waals surface area contributed by atoms with E-state index < -0.39 is 0 Å². The number of phenols is 1. The average molecular weight is 648 g/mol. The first-order chi connectivity index (χ1) is 21.8. The fourth-order valence-electron chi connectivity index (χ4n) is 5.46. The molecule has 2 saturated heterocycles. The Bertz CT molecular complexity index is 1140. The number of aromatic hydroxyl groups is 1. The van der Waals surface area contributed by atoms with E-state index in [-0.39, 0.29) is 41.8 Å². The van der Waals surface area contributed by atoms with Crippen LogP contribution in [0.25, 0.3) is 0 Å².